The fourth-order valence-electron chi connectivity index (χ4n) is 3.98. The number of methoxy groups -OCH3 is 1. The third kappa shape index (κ3) is 6.15. The molecule has 0 saturated carbocycles. The molecule has 9 heteroatoms. The van der Waals surface area contributed by atoms with Gasteiger partial charge in [-0.05, 0) is 73.0 Å². The van der Waals surface area contributed by atoms with Crippen molar-refractivity contribution >= 4 is 51.7 Å². The van der Waals surface area contributed by atoms with E-state index in [0.29, 0.717) is 34.4 Å². The van der Waals surface area contributed by atoms with Gasteiger partial charge in [0.05, 0.1) is 47.3 Å². The molecule has 4 rings (SSSR count). The van der Waals surface area contributed by atoms with Crippen molar-refractivity contribution in [1.29, 1.82) is 5.26 Å². The summed E-state index contributed by atoms with van der Waals surface area (Å²) in [6, 6.07) is 23.3. The normalized spacial score (nSPS) is 15.1. The number of anilines is 2. The van der Waals surface area contributed by atoms with Gasteiger partial charge in [0.1, 0.15) is 5.75 Å². The minimum Gasteiger partial charge on any atom is -0.497 e. The molecule has 38 heavy (non-hydrogen) atoms. The van der Waals surface area contributed by atoms with Crippen molar-refractivity contribution in [1.82, 2.24) is 4.90 Å². The van der Waals surface area contributed by atoms with Crippen molar-refractivity contribution in [2.75, 3.05) is 37.2 Å². The molecule has 7 nitrogen and oxygen atoms in total. The van der Waals surface area contributed by atoms with Crippen molar-refractivity contribution < 1.29 is 9.53 Å². The van der Waals surface area contributed by atoms with Gasteiger partial charge in [-0.25, -0.2) is 4.99 Å². The van der Waals surface area contributed by atoms with E-state index in [1.807, 2.05) is 79.9 Å². The molecule has 0 spiro atoms. The van der Waals surface area contributed by atoms with Crippen LogP contribution in [0.2, 0.25) is 0 Å². The number of amides is 1. The standard InChI is InChI=1S/C29H29N5O2S2/c1-5-31-23-14-13-20(17-30)16-24(23)32-29-34(18-21-9-8-10-22(15-21)36-3)28(35)27(38-29)19-33(2)25-11-6-7-12-26(25)37-4/h6-16,19,31H,5,18H2,1-4H3/b27-19+,32-29?. The zero-order valence-electron chi connectivity index (χ0n) is 21.8. The Bertz CT molecular complexity index is 1430. The average Bonchev–Trinajstić information content (AvgIpc) is 3.22. The number of aliphatic imine (C=N–C) groups is 1. The first-order chi connectivity index (χ1) is 18.5. The Balaban J connectivity index is 1.76. The van der Waals surface area contributed by atoms with E-state index < -0.39 is 0 Å². The van der Waals surface area contributed by atoms with Crippen molar-refractivity contribution in [2.45, 2.75) is 18.4 Å². The highest BCUT2D eigenvalue weighted by molar-refractivity contribution is 8.18. The number of nitrogens with one attached hydrogen (secondary N) is 1. The molecular weight excluding hydrogens is 514 g/mol. The van der Waals surface area contributed by atoms with E-state index in [0.717, 1.165) is 27.6 Å². The maximum Gasteiger partial charge on any atom is 0.268 e. The van der Waals surface area contributed by atoms with Crippen LogP contribution in [-0.2, 0) is 11.3 Å². The summed E-state index contributed by atoms with van der Waals surface area (Å²) in [6.07, 6.45) is 3.90. The topological polar surface area (TPSA) is 81.0 Å². The van der Waals surface area contributed by atoms with E-state index in [2.05, 4.69) is 17.5 Å². The van der Waals surface area contributed by atoms with Crippen molar-refractivity contribution in [3.8, 4) is 11.8 Å². The molecule has 0 radical (unpaired) electrons. The summed E-state index contributed by atoms with van der Waals surface area (Å²) in [7, 11) is 3.56. The van der Waals surface area contributed by atoms with Crippen LogP contribution in [0.25, 0.3) is 0 Å². The number of ether oxygens (including phenoxy) is 1. The smallest absolute Gasteiger partial charge is 0.268 e. The molecule has 3 aromatic carbocycles. The summed E-state index contributed by atoms with van der Waals surface area (Å²) >= 11 is 2.98. The van der Waals surface area contributed by atoms with Crippen molar-refractivity contribution in [2.24, 2.45) is 4.99 Å². The maximum absolute atomic E-state index is 13.7. The van der Waals surface area contributed by atoms with E-state index in [-0.39, 0.29) is 5.91 Å². The summed E-state index contributed by atoms with van der Waals surface area (Å²) in [6.45, 7) is 3.04. The predicted molar refractivity (Wildman–Crippen MR) is 158 cm³/mol. The summed E-state index contributed by atoms with van der Waals surface area (Å²) < 4.78 is 5.38. The fraction of sp³-hybridized carbons (Fsp3) is 0.207. The molecule has 1 fully saturated rings. The third-order valence-electron chi connectivity index (χ3n) is 5.85. The van der Waals surface area contributed by atoms with Crippen LogP contribution in [0.5, 0.6) is 5.75 Å². The summed E-state index contributed by atoms with van der Waals surface area (Å²) in [5.41, 5.74) is 3.85. The highest BCUT2D eigenvalue weighted by Crippen LogP contribution is 2.37. The molecule has 1 amide bonds. The first-order valence-corrected chi connectivity index (χ1v) is 14.1. The van der Waals surface area contributed by atoms with Gasteiger partial charge in [0, 0.05) is 24.7 Å². The van der Waals surface area contributed by atoms with E-state index in [1.54, 1.807) is 35.9 Å². The Morgan fingerprint density at radius 2 is 2.00 bits per heavy atom. The number of thioether (sulfide) groups is 2. The Hall–Kier alpha value is -3.87. The van der Waals surface area contributed by atoms with Crippen LogP contribution in [-0.4, -0.2) is 42.9 Å². The monoisotopic (exact) mass is 543 g/mol. The van der Waals surface area contributed by atoms with Crippen LogP contribution in [0.4, 0.5) is 17.1 Å². The zero-order valence-corrected chi connectivity index (χ0v) is 23.4. The minimum absolute atomic E-state index is 0.133. The third-order valence-corrected chi connectivity index (χ3v) is 7.63. The summed E-state index contributed by atoms with van der Waals surface area (Å²) in [4.78, 5) is 24.0. The lowest BCUT2D eigenvalue weighted by Crippen LogP contribution is -2.29. The van der Waals surface area contributed by atoms with Gasteiger partial charge in [0.15, 0.2) is 5.17 Å². The van der Waals surface area contributed by atoms with E-state index in [1.165, 1.54) is 11.8 Å². The van der Waals surface area contributed by atoms with Crippen LogP contribution in [0.15, 0.2) is 87.7 Å². The van der Waals surface area contributed by atoms with Gasteiger partial charge in [-0.3, -0.25) is 9.69 Å². The summed E-state index contributed by atoms with van der Waals surface area (Å²) in [5, 5.41) is 13.3. The van der Waals surface area contributed by atoms with E-state index >= 15 is 0 Å². The molecule has 1 aliphatic rings. The molecule has 194 valence electrons. The number of hydrogen-bond acceptors (Lipinski definition) is 8. The van der Waals surface area contributed by atoms with Gasteiger partial charge in [0.25, 0.3) is 5.91 Å². The lowest BCUT2D eigenvalue weighted by Gasteiger charge is -2.18. The molecule has 0 aromatic heterocycles. The highest BCUT2D eigenvalue weighted by Gasteiger charge is 2.34. The number of para-hydroxylation sites is 1. The average molecular weight is 544 g/mol. The summed E-state index contributed by atoms with van der Waals surface area (Å²) in [5.74, 6) is 0.590. The van der Waals surface area contributed by atoms with E-state index in [9.17, 15) is 10.1 Å². The maximum atomic E-state index is 13.7. The highest BCUT2D eigenvalue weighted by atomic mass is 32.2. The van der Waals surface area contributed by atoms with Gasteiger partial charge in [-0.2, -0.15) is 5.26 Å². The molecule has 0 bridgehead atoms. The van der Waals surface area contributed by atoms with Gasteiger partial charge in [-0.15, -0.1) is 11.8 Å². The van der Waals surface area contributed by atoms with Gasteiger partial charge in [0.2, 0.25) is 0 Å². The quantitative estimate of drug-likeness (QED) is 0.245. The number of rotatable bonds is 9. The van der Waals surface area contributed by atoms with Crippen LogP contribution in [0, 0.1) is 11.3 Å². The molecule has 1 N–H and O–H groups in total. The number of nitrogens with zero attached hydrogens (tertiary/aromatic N) is 4. The minimum atomic E-state index is -0.133. The molecule has 0 aliphatic carbocycles. The molecule has 1 heterocycles. The van der Waals surface area contributed by atoms with Crippen LogP contribution in [0.1, 0.15) is 18.1 Å². The molecule has 0 atom stereocenters. The van der Waals surface area contributed by atoms with Gasteiger partial charge >= 0.3 is 0 Å². The first kappa shape index (κ1) is 27.2. The molecule has 3 aromatic rings. The van der Waals surface area contributed by atoms with Gasteiger partial charge < -0.3 is 15.0 Å². The Kier molecular flexibility index (Phi) is 9.00. The number of carbonyl (C=O) groups is 1. The second-order valence-corrected chi connectivity index (χ2v) is 10.2. The lowest BCUT2D eigenvalue weighted by atomic mass is 10.2. The second-order valence-electron chi connectivity index (χ2n) is 8.39. The molecule has 0 unspecified atom stereocenters. The Morgan fingerprint density at radius 3 is 2.74 bits per heavy atom. The number of amidine groups is 1. The van der Waals surface area contributed by atoms with Crippen LogP contribution in [0.3, 0.4) is 0 Å². The van der Waals surface area contributed by atoms with Gasteiger partial charge in [-0.1, -0.05) is 24.3 Å². The molecule has 1 saturated heterocycles. The first-order valence-electron chi connectivity index (χ1n) is 12.0. The number of nitriles is 1. The lowest BCUT2D eigenvalue weighted by molar-refractivity contribution is -0.122. The fourth-order valence-corrected chi connectivity index (χ4v) is 5.62. The Labute approximate surface area is 232 Å². The van der Waals surface area contributed by atoms with Crippen LogP contribution < -0.4 is 15.0 Å². The van der Waals surface area contributed by atoms with E-state index in [4.69, 9.17) is 9.73 Å². The zero-order chi connectivity index (χ0) is 27.1. The Morgan fingerprint density at radius 1 is 1.18 bits per heavy atom. The van der Waals surface area contributed by atoms with Crippen LogP contribution >= 0.6 is 23.5 Å². The molecular formula is C29H29N5O2S2. The van der Waals surface area contributed by atoms with Crippen molar-refractivity contribution in [3.63, 3.8) is 0 Å². The SMILES string of the molecule is CCNc1ccc(C#N)cc1N=C1S/C(=C/N(C)c2ccccc2SC)C(=O)N1Cc1cccc(OC)c1. The largest absolute Gasteiger partial charge is 0.497 e. The molecule has 1 aliphatic heterocycles. The number of benzene rings is 3. The number of carbonyl (C=O) groups excluding carboxylic acids is 1. The second kappa shape index (κ2) is 12.6. The predicted octanol–water partition coefficient (Wildman–Crippen LogP) is 6.46. The number of hydrogen-bond donors (Lipinski definition) is 1. The van der Waals surface area contributed by atoms with Crippen molar-refractivity contribution in [3.05, 3.63) is 89.0 Å².